The zero-order valence-electron chi connectivity index (χ0n) is 9.03. The highest BCUT2D eigenvalue weighted by Gasteiger charge is 2.07. The lowest BCUT2D eigenvalue weighted by Gasteiger charge is -2.19. The third-order valence-electron chi connectivity index (χ3n) is 2.29. The van der Waals surface area contributed by atoms with E-state index in [1.165, 1.54) is 17.0 Å². The highest BCUT2D eigenvalue weighted by molar-refractivity contribution is 5.71. The van der Waals surface area contributed by atoms with Crippen LogP contribution in [0.5, 0.6) is 0 Å². The molecule has 88 valence electrons. The number of hydrogen-bond acceptors (Lipinski definition) is 2. The second-order valence-electron chi connectivity index (χ2n) is 3.49. The van der Waals surface area contributed by atoms with E-state index in [9.17, 15) is 9.18 Å². The Bertz CT molecular complexity index is 340. The number of hydrogen-bond donors (Lipinski definition) is 2. The molecular formula is C11H16FN3O. The van der Waals surface area contributed by atoms with Gasteiger partial charge in [0, 0.05) is 19.6 Å². The van der Waals surface area contributed by atoms with Crippen LogP contribution in [0.2, 0.25) is 0 Å². The van der Waals surface area contributed by atoms with Gasteiger partial charge in [-0.1, -0.05) is 12.1 Å². The number of nitrogens with two attached hydrogens (primary N) is 2. The van der Waals surface area contributed by atoms with Gasteiger partial charge in [-0.15, -0.1) is 0 Å². The minimum atomic E-state index is -0.479. The van der Waals surface area contributed by atoms with Crippen molar-refractivity contribution in [2.75, 3.05) is 19.6 Å². The quantitative estimate of drug-likeness (QED) is 0.774. The Morgan fingerprint density at radius 1 is 1.25 bits per heavy atom. The van der Waals surface area contributed by atoms with Crippen LogP contribution >= 0.6 is 0 Å². The molecule has 4 N–H and O–H groups in total. The highest BCUT2D eigenvalue weighted by Crippen LogP contribution is 2.04. The Labute approximate surface area is 94.0 Å². The first-order chi connectivity index (χ1) is 7.63. The molecule has 5 heteroatoms. The summed E-state index contributed by atoms with van der Waals surface area (Å²) in [5, 5.41) is 0. The van der Waals surface area contributed by atoms with E-state index in [1.807, 2.05) is 0 Å². The summed E-state index contributed by atoms with van der Waals surface area (Å²) in [6.07, 6.45) is 0.642. The van der Waals surface area contributed by atoms with Gasteiger partial charge in [0.2, 0.25) is 0 Å². The number of halogens is 1. The van der Waals surface area contributed by atoms with Crippen molar-refractivity contribution in [3.63, 3.8) is 0 Å². The number of carbonyl (C=O) groups is 1. The van der Waals surface area contributed by atoms with Crippen LogP contribution in [0.3, 0.4) is 0 Å². The Kier molecular flexibility index (Phi) is 4.72. The van der Waals surface area contributed by atoms with Crippen molar-refractivity contribution in [1.29, 1.82) is 0 Å². The topological polar surface area (TPSA) is 72.3 Å². The molecule has 0 atom stereocenters. The standard InChI is InChI=1S/C11H16FN3O/c12-10-3-1-9(2-4-10)5-7-15(8-6-13)11(14)16/h1-4H,5-8,13H2,(H2,14,16). The number of rotatable bonds is 5. The lowest BCUT2D eigenvalue weighted by molar-refractivity contribution is 0.209. The molecule has 1 aromatic rings. The maximum atomic E-state index is 12.6. The summed E-state index contributed by atoms with van der Waals surface area (Å²) >= 11 is 0. The Balaban J connectivity index is 2.48. The van der Waals surface area contributed by atoms with Crippen molar-refractivity contribution in [2.45, 2.75) is 6.42 Å². The van der Waals surface area contributed by atoms with Crippen molar-refractivity contribution >= 4 is 6.03 Å². The van der Waals surface area contributed by atoms with Gasteiger partial charge in [0.15, 0.2) is 0 Å². The summed E-state index contributed by atoms with van der Waals surface area (Å²) in [4.78, 5) is 12.5. The molecule has 0 heterocycles. The van der Waals surface area contributed by atoms with Gasteiger partial charge in [0.05, 0.1) is 0 Å². The normalized spacial score (nSPS) is 10.1. The Morgan fingerprint density at radius 3 is 2.38 bits per heavy atom. The molecule has 16 heavy (non-hydrogen) atoms. The van der Waals surface area contributed by atoms with E-state index in [4.69, 9.17) is 11.5 Å². The van der Waals surface area contributed by atoms with Gasteiger partial charge < -0.3 is 16.4 Å². The molecular weight excluding hydrogens is 209 g/mol. The number of benzene rings is 1. The van der Waals surface area contributed by atoms with Gasteiger partial charge in [-0.2, -0.15) is 0 Å². The number of amides is 2. The summed E-state index contributed by atoms with van der Waals surface area (Å²) in [6.45, 7) is 1.32. The molecule has 0 aromatic heterocycles. The lowest BCUT2D eigenvalue weighted by atomic mass is 10.1. The fourth-order valence-corrected chi connectivity index (χ4v) is 1.40. The molecule has 4 nitrogen and oxygen atoms in total. The smallest absolute Gasteiger partial charge is 0.314 e. The Morgan fingerprint density at radius 2 is 1.88 bits per heavy atom. The minimum Gasteiger partial charge on any atom is -0.351 e. The predicted molar refractivity (Wildman–Crippen MR) is 60.3 cm³/mol. The molecule has 0 aliphatic rings. The minimum absolute atomic E-state index is 0.266. The molecule has 0 radical (unpaired) electrons. The van der Waals surface area contributed by atoms with Crippen LogP contribution in [-0.2, 0) is 6.42 Å². The summed E-state index contributed by atoms with van der Waals surface area (Å²) in [6, 6.07) is 5.70. The van der Waals surface area contributed by atoms with Crippen LogP contribution in [0.25, 0.3) is 0 Å². The first-order valence-electron chi connectivity index (χ1n) is 5.12. The number of carbonyl (C=O) groups excluding carboxylic acids is 1. The molecule has 2 amide bonds. The van der Waals surface area contributed by atoms with Gasteiger partial charge in [-0.25, -0.2) is 9.18 Å². The monoisotopic (exact) mass is 225 g/mol. The zero-order chi connectivity index (χ0) is 12.0. The van der Waals surface area contributed by atoms with E-state index in [2.05, 4.69) is 0 Å². The molecule has 0 spiro atoms. The van der Waals surface area contributed by atoms with Crippen LogP contribution < -0.4 is 11.5 Å². The second kappa shape index (κ2) is 6.07. The SMILES string of the molecule is NCCN(CCc1ccc(F)cc1)C(N)=O. The predicted octanol–water partition coefficient (Wildman–Crippen LogP) is 0.708. The van der Waals surface area contributed by atoms with Crippen molar-refractivity contribution < 1.29 is 9.18 Å². The van der Waals surface area contributed by atoms with Crippen LogP contribution in [0.1, 0.15) is 5.56 Å². The van der Waals surface area contributed by atoms with Crippen LogP contribution in [0.15, 0.2) is 24.3 Å². The van der Waals surface area contributed by atoms with Crippen molar-refractivity contribution in [2.24, 2.45) is 11.5 Å². The lowest BCUT2D eigenvalue weighted by Crippen LogP contribution is -2.40. The molecule has 0 unspecified atom stereocenters. The van der Waals surface area contributed by atoms with Crippen LogP contribution in [0, 0.1) is 5.82 Å². The van der Waals surface area contributed by atoms with Crippen LogP contribution in [0.4, 0.5) is 9.18 Å². The molecule has 1 aromatic carbocycles. The molecule has 1 rings (SSSR count). The first kappa shape index (κ1) is 12.4. The van der Waals surface area contributed by atoms with E-state index in [1.54, 1.807) is 12.1 Å². The van der Waals surface area contributed by atoms with E-state index in [0.29, 0.717) is 26.1 Å². The van der Waals surface area contributed by atoms with Crippen molar-refractivity contribution in [3.8, 4) is 0 Å². The number of primary amides is 1. The van der Waals surface area contributed by atoms with Gasteiger partial charge in [0.1, 0.15) is 5.82 Å². The molecule has 0 fully saturated rings. The average molecular weight is 225 g/mol. The van der Waals surface area contributed by atoms with Crippen molar-refractivity contribution in [3.05, 3.63) is 35.6 Å². The van der Waals surface area contributed by atoms with Crippen LogP contribution in [-0.4, -0.2) is 30.6 Å². The summed E-state index contributed by atoms with van der Waals surface area (Å²) in [5.41, 5.74) is 11.5. The third-order valence-corrected chi connectivity index (χ3v) is 2.29. The van der Waals surface area contributed by atoms with Gasteiger partial charge >= 0.3 is 6.03 Å². The fourth-order valence-electron chi connectivity index (χ4n) is 1.40. The summed E-state index contributed by atoms with van der Waals surface area (Å²) in [5.74, 6) is -0.266. The molecule has 0 saturated heterocycles. The van der Waals surface area contributed by atoms with Gasteiger partial charge in [-0.3, -0.25) is 0 Å². The second-order valence-corrected chi connectivity index (χ2v) is 3.49. The van der Waals surface area contributed by atoms with Crippen molar-refractivity contribution in [1.82, 2.24) is 4.90 Å². The highest BCUT2D eigenvalue weighted by atomic mass is 19.1. The molecule has 0 saturated carbocycles. The Hall–Kier alpha value is -1.62. The summed E-state index contributed by atoms with van der Waals surface area (Å²) < 4.78 is 12.6. The maximum Gasteiger partial charge on any atom is 0.314 e. The average Bonchev–Trinajstić information content (AvgIpc) is 2.26. The van der Waals surface area contributed by atoms with E-state index < -0.39 is 6.03 Å². The van der Waals surface area contributed by atoms with E-state index >= 15 is 0 Å². The van der Waals surface area contributed by atoms with Gasteiger partial charge in [-0.05, 0) is 24.1 Å². The van der Waals surface area contributed by atoms with E-state index in [0.717, 1.165) is 5.56 Å². The first-order valence-corrected chi connectivity index (χ1v) is 5.12. The zero-order valence-corrected chi connectivity index (χ0v) is 9.03. The number of nitrogens with zero attached hydrogens (tertiary/aromatic N) is 1. The van der Waals surface area contributed by atoms with Gasteiger partial charge in [0.25, 0.3) is 0 Å². The third kappa shape index (κ3) is 3.86. The molecule has 0 aliphatic heterocycles. The molecule has 0 bridgehead atoms. The fraction of sp³-hybridized carbons (Fsp3) is 0.364. The number of urea groups is 1. The maximum absolute atomic E-state index is 12.6. The molecule has 0 aliphatic carbocycles. The largest absolute Gasteiger partial charge is 0.351 e. The van der Waals surface area contributed by atoms with E-state index in [-0.39, 0.29) is 5.82 Å². The summed E-state index contributed by atoms with van der Waals surface area (Å²) in [7, 11) is 0.